The summed E-state index contributed by atoms with van der Waals surface area (Å²) in [7, 11) is 0. The maximum atomic E-state index is 9.31. The SMILES string of the molecule is O/N=c1\cc(-c2ccccc2)c2cc3c(cc2o1)OC1(CCCCC1)CC3. The Balaban J connectivity index is 1.67. The van der Waals surface area contributed by atoms with Crippen LogP contribution in [0.2, 0.25) is 0 Å². The van der Waals surface area contributed by atoms with Crippen LogP contribution in [-0.4, -0.2) is 10.8 Å². The van der Waals surface area contributed by atoms with Crippen LogP contribution in [0.3, 0.4) is 0 Å². The largest absolute Gasteiger partial charge is 0.487 e. The summed E-state index contributed by atoms with van der Waals surface area (Å²) in [5.41, 5.74) is 4.20. The third-order valence-electron chi connectivity index (χ3n) is 6.06. The second-order valence-electron chi connectivity index (χ2n) is 7.77. The monoisotopic (exact) mass is 361 g/mol. The van der Waals surface area contributed by atoms with Gasteiger partial charge in [-0.25, -0.2) is 0 Å². The summed E-state index contributed by atoms with van der Waals surface area (Å²) in [6.45, 7) is 0. The van der Waals surface area contributed by atoms with Gasteiger partial charge >= 0.3 is 0 Å². The summed E-state index contributed by atoms with van der Waals surface area (Å²) in [6, 6.07) is 16.1. The first-order valence-electron chi connectivity index (χ1n) is 9.80. The van der Waals surface area contributed by atoms with Gasteiger partial charge in [-0.05, 0) is 66.4 Å². The Morgan fingerprint density at radius 2 is 1.74 bits per heavy atom. The first-order valence-corrected chi connectivity index (χ1v) is 9.80. The van der Waals surface area contributed by atoms with Crippen LogP contribution in [0.4, 0.5) is 0 Å². The van der Waals surface area contributed by atoms with Gasteiger partial charge in [0.1, 0.15) is 16.9 Å². The van der Waals surface area contributed by atoms with Crippen LogP contribution in [0.25, 0.3) is 22.1 Å². The second kappa shape index (κ2) is 6.45. The van der Waals surface area contributed by atoms with E-state index in [0.717, 1.165) is 47.9 Å². The minimum atomic E-state index is 0.000149. The first-order chi connectivity index (χ1) is 13.3. The number of aryl methyl sites for hydroxylation is 1. The maximum Gasteiger partial charge on any atom is 0.256 e. The standard InChI is InChI=1S/C23H23NO3/c25-24-22-14-18(16-7-3-1-4-8-16)19-13-17-9-12-23(10-5-2-6-11-23)27-20(17)15-21(19)26-22/h1,3-4,7-8,13-15,25H,2,5-6,9-12H2/b24-22+. The lowest BCUT2D eigenvalue weighted by atomic mass is 9.79. The average molecular weight is 361 g/mol. The number of rotatable bonds is 1. The first kappa shape index (κ1) is 16.4. The van der Waals surface area contributed by atoms with Gasteiger partial charge < -0.3 is 14.4 Å². The van der Waals surface area contributed by atoms with E-state index in [2.05, 4.69) is 23.4 Å². The zero-order valence-corrected chi connectivity index (χ0v) is 15.3. The van der Waals surface area contributed by atoms with Crippen molar-refractivity contribution in [1.29, 1.82) is 0 Å². The fraction of sp³-hybridized carbons (Fsp3) is 0.348. The Bertz CT molecular complexity index is 1050. The van der Waals surface area contributed by atoms with Crippen molar-refractivity contribution in [3.05, 3.63) is 59.6 Å². The van der Waals surface area contributed by atoms with E-state index in [4.69, 9.17) is 9.15 Å². The molecule has 2 aliphatic rings. The Morgan fingerprint density at radius 1 is 0.926 bits per heavy atom. The van der Waals surface area contributed by atoms with Gasteiger partial charge in [-0.15, -0.1) is 0 Å². The van der Waals surface area contributed by atoms with Crippen LogP contribution in [0.5, 0.6) is 5.75 Å². The lowest BCUT2D eigenvalue weighted by Gasteiger charge is -2.41. The van der Waals surface area contributed by atoms with Crippen LogP contribution in [0, 0.1) is 0 Å². The average Bonchev–Trinajstić information content (AvgIpc) is 2.72. The lowest BCUT2D eigenvalue weighted by molar-refractivity contribution is 0.0109. The minimum absolute atomic E-state index is 0.000149. The third-order valence-corrected chi connectivity index (χ3v) is 6.06. The number of benzene rings is 2. The zero-order valence-electron chi connectivity index (χ0n) is 15.3. The van der Waals surface area contributed by atoms with Gasteiger partial charge in [0.25, 0.3) is 5.55 Å². The molecule has 2 aromatic carbocycles. The fourth-order valence-electron chi connectivity index (χ4n) is 4.64. The molecule has 27 heavy (non-hydrogen) atoms. The number of hydrogen-bond donors (Lipinski definition) is 1. The van der Waals surface area contributed by atoms with Crippen molar-refractivity contribution >= 4 is 11.0 Å². The molecule has 0 radical (unpaired) electrons. The van der Waals surface area contributed by atoms with Crippen LogP contribution in [-0.2, 0) is 6.42 Å². The van der Waals surface area contributed by atoms with Crippen molar-refractivity contribution in [2.75, 3.05) is 0 Å². The summed E-state index contributed by atoms with van der Waals surface area (Å²) in [5.74, 6) is 0.925. The van der Waals surface area contributed by atoms with Crippen LogP contribution in [0.1, 0.15) is 44.1 Å². The molecular weight excluding hydrogens is 338 g/mol. The highest BCUT2D eigenvalue weighted by Crippen LogP contribution is 2.43. The van der Waals surface area contributed by atoms with E-state index in [1.54, 1.807) is 6.07 Å². The van der Waals surface area contributed by atoms with Gasteiger partial charge in [-0.1, -0.05) is 36.8 Å². The summed E-state index contributed by atoms with van der Waals surface area (Å²) in [5, 5.41) is 13.6. The molecule has 0 unspecified atom stereocenters. The van der Waals surface area contributed by atoms with Gasteiger partial charge in [0.05, 0.1) is 0 Å². The number of hydrogen-bond acceptors (Lipinski definition) is 4. The summed E-state index contributed by atoms with van der Waals surface area (Å²) in [6.07, 6.45) is 8.22. The molecular formula is C23H23NO3. The van der Waals surface area contributed by atoms with Crippen molar-refractivity contribution in [1.82, 2.24) is 0 Å². The van der Waals surface area contributed by atoms with Crippen LogP contribution < -0.4 is 10.3 Å². The zero-order chi connectivity index (χ0) is 18.3. The number of nitrogens with zero attached hydrogens (tertiary/aromatic N) is 1. The summed E-state index contributed by atoms with van der Waals surface area (Å²) < 4.78 is 12.4. The predicted octanol–water partition coefficient (Wildman–Crippen LogP) is 5.42. The van der Waals surface area contributed by atoms with Crippen molar-refractivity contribution in [3.63, 3.8) is 0 Å². The molecule has 0 amide bonds. The highest BCUT2D eigenvalue weighted by molar-refractivity contribution is 5.94. The van der Waals surface area contributed by atoms with Crippen molar-refractivity contribution in [3.8, 4) is 16.9 Å². The minimum Gasteiger partial charge on any atom is -0.487 e. The quantitative estimate of drug-likeness (QED) is 0.465. The molecule has 5 rings (SSSR count). The van der Waals surface area contributed by atoms with Crippen molar-refractivity contribution in [2.45, 2.75) is 50.5 Å². The third kappa shape index (κ3) is 2.89. The lowest BCUT2D eigenvalue weighted by Crippen LogP contribution is -2.41. The van der Waals surface area contributed by atoms with E-state index >= 15 is 0 Å². The molecule has 0 atom stereocenters. The molecule has 1 saturated carbocycles. The molecule has 1 spiro atoms. The molecule has 1 aliphatic heterocycles. The van der Waals surface area contributed by atoms with E-state index in [0.29, 0.717) is 5.58 Å². The smallest absolute Gasteiger partial charge is 0.256 e. The van der Waals surface area contributed by atoms with E-state index in [-0.39, 0.29) is 11.2 Å². The fourth-order valence-corrected chi connectivity index (χ4v) is 4.64. The molecule has 1 fully saturated rings. The van der Waals surface area contributed by atoms with Crippen LogP contribution in [0.15, 0.2) is 58.1 Å². The van der Waals surface area contributed by atoms with Crippen LogP contribution >= 0.6 is 0 Å². The maximum absolute atomic E-state index is 9.31. The highest BCUT2D eigenvalue weighted by atomic mass is 16.5. The molecule has 1 aromatic heterocycles. The Kier molecular flexibility index (Phi) is 3.92. The molecule has 3 aromatic rings. The molecule has 2 heterocycles. The molecule has 1 aliphatic carbocycles. The Morgan fingerprint density at radius 3 is 2.52 bits per heavy atom. The molecule has 0 bridgehead atoms. The van der Waals surface area contributed by atoms with Crippen molar-refractivity contribution in [2.24, 2.45) is 5.16 Å². The van der Waals surface area contributed by atoms with Gasteiger partial charge in [0.2, 0.25) is 0 Å². The van der Waals surface area contributed by atoms with Gasteiger partial charge in [-0.3, -0.25) is 0 Å². The second-order valence-corrected chi connectivity index (χ2v) is 7.77. The van der Waals surface area contributed by atoms with Gasteiger partial charge in [0.15, 0.2) is 0 Å². The number of fused-ring (bicyclic) bond motifs is 2. The molecule has 138 valence electrons. The molecule has 1 N–H and O–H groups in total. The van der Waals surface area contributed by atoms with E-state index in [1.807, 2.05) is 24.3 Å². The Labute approximate surface area is 158 Å². The summed E-state index contributed by atoms with van der Waals surface area (Å²) >= 11 is 0. The van der Waals surface area contributed by atoms with E-state index in [9.17, 15) is 5.21 Å². The van der Waals surface area contributed by atoms with E-state index < -0.39 is 0 Å². The topological polar surface area (TPSA) is 55.0 Å². The number of ether oxygens (including phenoxy) is 1. The molecule has 4 nitrogen and oxygen atoms in total. The van der Waals surface area contributed by atoms with E-state index in [1.165, 1.54) is 24.8 Å². The molecule has 4 heteroatoms. The van der Waals surface area contributed by atoms with Gasteiger partial charge in [0, 0.05) is 17.5 Å². The predicted molar refractivity (Wildman–Crippen MR) is 104 cm³/mol. The highest BCUT2D eigenvalue weighted by Gasteiger charge is 2.37. The molecule has 0 saturated heterocycles. The van der Waals surface area contributed by atoms with Crippen molar-refractivity contribution < 1.29 is 14.4 Å². The Hall–Kier alpha value is -2.75. The summed E-state index contributed by atoms with van der Waals surface area (Å²) in [4.78, 5) is 0. The normalized spacial score (nSPS) is 19.0. The van der Waals surface area contributed by atoms with Gasteiger partial charge in [-0.2, -0.15) is 0 Å².